The Morgan fingerprint density at radius 2 is 1.74 bits per heavy atom. The molecule has 0 aliphatic heterocycles. The van der Waals surface area contributed by atoms with Gasteiger partial charge in [0.15, 0.2) is 10.8 Å². The first-order valence-corrected chi connectivity index (χ1v) is 14.1. The van der Waals surface area contributed by atoms with Gasteiger partial charge >= 0.3 is 0 Å². The Hall–Kier alpha value is -3.62. The van der Waals surface area contributed by atoms with E-state index in [1.807, 2.05) is 19.2 Å². The fourth-order valence-corrected chi connectivity index (χ4v) is 5.86. The molecule has 0 radical (unpaired) electrons. The van der Waals surface area contributed by atoms with Gasteiger partial charge in [-0.1, -0.05) is 6.07 Å². The van der Waals surface area contributed by atoms with Gasteiger partial charge in [-0.25, -0.2) is 23.4 Å². The van der Waals surface area contributed by atoms with E-state index in [0.717, 1.165) is 11.3 Å². The fraction of sp³-hybridized carbons (Fsp3) is 0.375. The minimum absolute atomic E-state index is 0.0390. The van der Waals surface area contributed by atoms with Gasteiger partial charge in [0, 0.05) is 43.6 Å². The van der Waals surface area contributed by atoms with Crippen LogP contribution in [-0.4, -0.2) is 71.3 Å². The van der Waals surface area contributed by atoms with Gasteiger partial charge < -0.3 is 14.2 Å². The molecule has 4 rings (SSSR count). The van der Waals surface area contributed by atoms with Crippen LogP contribution in [-0.2, 0) is 21.2 Å². The highest BCUT2D eigenvalue weighted by Gasteiger charge is 2.31. The summed E-state index contributed by atoms with van der Waals surface area (Å²) in [5.41, 5.74) is 2.11. The highest BCUT2D eigenvalue weighted by atomic mass is 32.2. The quantitative estimate of drug-likeness (QED) is 0.275. The minimum atomic E-state index is -4.02. The maximum Gasteiger partial charge on any atom is 0.243 e. The fourth-order valence-electron chi connectivity index (χ4n) is 3.76. The maximum absolute atomic E-state index is 13.7. The van der Waals surface area contributed by atoms with E-state index in [2.05, 4.69) is 29.9 Å². The largest absolute Gasteiger partial charge is 0.494 e. The standard InChI is InChI=1S/C24H29N7O5S2/c1-15-12-25-20(26-13-15)11-17(9-10-34-3)38(32,33)30-24-29-28-22(23-27-16(2)14-37-23)31(24)21-18(35-4)7-6-8-19(21)36-5/h6-8,12-14,17H,9-11H2,1-5H3,(H,29,30). The lowest BCUT2D eigenvalue weighted by Crippen LogP contribution is -2.32. The molecule has 0 bridgehead atoms. The zero-order valence-corrected chi connectivity index (χ0v) is 23.3. The normalized spacial score (nSPS) is 12.3. The number of ether oxygens (including phenoxy) is 3. The molecular formula is C24H29N7O5S2. The number of aryl methyl sites for hydroxylation is 2. The predicted octanol–water partition coefficient (Wildman–Crippen LogP) is 3.20. The molecule has 3 aromatic heterocycles. The number of nitrogens with one attached hydrogen (secondary N) is 1. The molecule has 1 aromatic carbocycles. The average Bonchev–Trinajstić information content (AvgIpc) is 3.52. The van der Waals surface area contributed by atoms with Crippen molar-refractivity contribution in [1.82, 2.24) is 29.7 Å². The van der Waals surface area contributed by atoms with E-state index in [0.29, 0.717) is 33.8 Å². The number of aromatic nitrogens is 6. The predicted molar refractivity (Wildman–Crippen MR) is 144 cm³/mol. The van der Waals surface area contributed by atoms with Crippen molar-refractivity contribution in [2.24, 2.45) is 0 Å². The first-order chi connectivity index (χ1) is 18.3. The molecule has 14 heteroatoms. The number of benzene rings is 1. The summed E-state index contributed by atoms with van der Waals surface area (Å²) in [4.78, 5) is 13.1. The molecule has 0 saturated carbocycles. The molecule has 1 atom stereocenters. The van der Waals surface area contributed by atoms with Gasteiger partial charge in [0.25, 0.3) is 0 Å². The Morgan fingerprint density at radius 3 is 2.32 bits per heavy atom. The van der Waals surface area contributed by atoms with Gasteiger partial charge in [0.2, 0.25) is 16.0 Å². The zero-order chi connectivity index (χ0) is 27.3. The van der Waals surface area contributed by atoms with E-state index < -0.39 is 15.3 Å². The second-order valence-electron chi connectivity index (χ2n) is 8.42. The topological polar surface area (TPSA) is 143 Å². The molecule has 0 spiro atoms. The number of hydrogen-bond acceptors (Lipinski definition) is 11. The highest BCUT2D eigenvalue weighted by molar-refractivity contribution is 7.93. The van der Waals surface area contributed by atoms with Crippen LogP contribution in [0.15, 0.2) is 36.0 Å². The number of nitrogens with zero attached hydrogens (tertiary/aromatic N) is 6. The number of rotatable bonds is 12. The van der Waals surface area contributed by atoms with E-state index in [4.69, 9.17) is 14.2 Å². The number of sulfonamides is 1. The number of para-hydroxylation sites is 1. The summed E-state index contributed by atoms with van der Waals surface area (Å²) in [6.45, 7) is 3.96. The summed E-state index contributed by atoms with van der Waals surface area (Å²) in [7, 11) is 0.531. The lowest BCUT2D eigenvalue weighted by molar-refractivity contribution is 0.193. The number of anilines is 1. The van der Waals surface area contributed by atoms with Gasteiger partial charge in [-0.3, -0.25) is 9.29 Å². The maximum atomic E-state index is 13.7. The van der Waals surface area contributed by atoms with Crippen molar-refractivity contribution in [2.45, 2.75) is 31.9 Å². The van der Waals surface area contributed by atoms with Crippen LogP contribution in [0.4, 0.5) is 5.95 Å². The van der Waals surface area contributed by atoms with Crippen LogP contribution in [0.2, 0.25) is 0 Å². The van der Waals surface area contributed by atoms with Crippen molar-refractivity contribution >= 4 is 27.3 Å². The Balaban J connectivity index is 1.81. The molecule has 3 heterocycles. The molecule has 0 fully saturated rings. The summed E-state index contributed by atoms with van der Waals surface area (Å²) in [5, 5.41) is 10.0. The molecule has 1 unspecified atom stereocenters. The van der Waals surface area contributed by atoms with Crippen LogP contribution < -0.4 is 14.2 Å². The van der Waals surface area contributed by atoms with E-state index in [1.165, 1.54) is 32.7 Å². The van der Waals surface area contributed by atoms with Crippen LogP contribution in [0.5, 0.6) is 11.5 Å². The Morgan fingerprint density at radius 1 is 1.05 bits per heavy atom. The number of methoxy groups -OCH3 is 3. The van der Waals surface area contributed by atoms with Crippen LogP contribution in [0.25, 0.3) is 16.5 Å². The summed E-state index contributed by atoms with van der Waals surface area (Å²) >= 11 is 1.36. The molecule has 202 valence electrons. The third-order valence-electron chi connectivity index (χ3n) is 5.66. The Kier molecular flexibility index (Phi) is 8.54. The van der Waals surface area contributed by atoms with E-state index in [9.17, 15) is 8.42 Å². The van der Waals surface area contributed by atoms with Crippen molar-refractivity contribution in [1.29, 1.82) is 0 Å². The van der Waals surface area contributed by atoms with Crippen LogP contribution >= 0.6 is 11.3 Å². The molecule has 0 aliphatic carbocycles. The van der Waals surface area contributed by atoms with Crippen LogP contribution in [0.3, 0.4) is 0 Å². The third kappa shape index (κ3) is 5.92. The van der Waals surface area contributed by atoms with Gasteiger partial charge in [-0.05, 0) is 38.0 Å². The summed E-state index contributed by atoms with van der Waals surface area (Å²) in [5.74, 6) is 1.57. The van der Waals surface area contributed by atoms with E-state index in [-0.39, 0.29) is 25.4 Å². The van der Waals surface area contributed by atoms with E-state index in [1.54, 1.807) is 35.2 Å². The SMILES string of the molecule is COCCC(Cc1ncc(C)cn1)S(=O)(=O)Nc1nnc(-c2nc(C)cs2)n1-c1c(OC)cccc1OC. The van der Waals surface area contributed by atoms with Gasteiger partial charge in [0.1, 0.15) is 23.0 Å². The lowest BCUT2D eigenvalue weighted by atomic mass is 10.2. The summed E-state index contributed by atoms with van der Waals surface area (Å²) in [6, 6.07) is 5.25. The molecule has 12 nitrogen and oxygen atoms in total. The van der Waals surface area contributed by atoms with Crippen molar-refractivity contribution in [2.75, 3.05) is 32.7 Å². The van der Waals surface area contributed by atoms with Crippen molar-refractivity contribution < 1.29 is 22.6 Å². The summed E-state index contributed by atoms with van der Waals surface area (Å²) in [6.07, 6.45) is 3.61. The molecule has 38 heavy (non-hydrogen) atoms. The molecule has 1 N–H and O–H groups in total. The lowest BCUT2D eigenvalue weighted by Gasteiger charge is -2.20. The molecule has 4 aromatic rings. The summed E-state index contributed by atoms with van der Waals surface area (Å²) < 4.78 is 48.1. The highest BCUT2D eigenvalue weighted by Crippen LogP contribution is 2.38. The molecular weight excluding hydrogens is 530 g/mol. The van der Waals surface area contributed by atoms with Gasteiger partial charge in [0.05, 0.1) is 19.5 Å². The second kappa shape index (κ2) is 11.8. The minimum Gasteiger partial charge on any atom is -0.494 e. The monoisotopic (exact) mass is 559 g/mol. The molecule has 0 amide bonds. The van der Waals surface area contributed by atoms with Crippen molar-refractivity contribution in [3.63, 3.8) is 0 Å². The molecule has 0 aliphatic rings. The third-order valence-corrected chi connectivity index (χ3v) is 8.36. The average molecular weight is 560 g/mol. The van der Waals surface area contributed by atoms with Gasteiger partial charge in [-0.2, -0.15) is 0 Å². The van der Waals surface area contributed by atoms with Crippen LogP contribution in [0, 0.1) is 13.8 Å². The van der Waals surface area contributed by atoms with Gasteiger partial charge in [-0.15, -0.1) is 21.5 Å². The Labute approximate surface area is 225 Å². The first kappa shape index (κ1) is 27.4. The number of thiazole rings is 1. The van der Waals surface area contributed by atoms with Crippen molar-refractivity contribution in [3.05, 3.63) is 53.1 Å². The molecule has 0 saturated heterocycles. The smallest absolute Gasteiger partial charge is 0.243 e. The Bertz CT molecular complexity index is 1460. The number of hydrogen-bond donors (Lipinski definition) is 1. The first-order valence-electron chi connectivity index (χ1n) is 11.6. The second-order valence-corrected chi connectivity index (χ2v) is 11.2. The van der Waals surface area contributed by atoms with Crippen molar-refractivity contribution in [3.8, 4) is 28.0 Å². The van der Waals surface area contributed by atoms with E-state index >= 15 is 0 Å². The van der Waals surface area contributed by atoms with Crippen LogP contribution in [0.1, 0.15) is 23.5 Å². The zero-order valence-electron chi connectivity index (χ0n) is 21.7.